The average Bonchev–Trinajstić information content (AvgIpc) is 3.19. The van der Waals surface area contributed by atoms with Crippen molar-refractivity contribution in [3.05, 3.63) is 29.3 Å². The summed E-state index contributed by atoms with van der Waals surface area (Å²) in [4.78, 5) is 0. The second-order valence-corrected chi connectivity index (χ2v) is 6.02. The highest BCUT2D eigenvalue weighted by atomic mass is 19.4. The lowest BCUT2D eigenvalue weighted by Gasteiger charge is -2.28. The molecule has 2 aliphatic carbocycles. The van der Waals surface area contributed by atoms with Crippen LogP contribution in [-0.2, 0) is 0 Å². The fourth-order valence-electron chi connectivity index (χ4n) is 2.39. The average molecular weight is 312 g/mol. The van der Waals surface area contributed by atoms with Gasteiger partial charge < -0.3 is 9.47 Å². The monoisotopic (exact) mass is 312 g/mol. The molecule has 22 heavy (non-hydrogen) atoms. The number of alkyl halides is 3. The number of allylic oxidation sites excluding steroid dienone is 1. The molecule has 2 saturated carbocycles. The molecular formula is C17H19F3O2. The van der Waals surface area contributed by atoms with Crippen molar-refractivity contribution in [2.24, 2.45) is 5.92 Å². The lowest BCUT2D eigenvalue weighted by molar-refractivity contribution is -0.275. The Morgan fingerprint density at radius 2 is 1.86 bits per heavy atom. The van der Waals surface area contributed by atoms with Crippen molar-refractivity contribution in [3.8, 4) is 11.5 Å². The Morgan fingerprint density at radius 1 is 1.14 bits per heavy atom. The van der Waals surface area contributed by atoms with E-state index in [0.29, 0.717) is 11.5 Å². The molecule has 3 rings (SSSR count). The van der Waals surface area contributed by atoms with Crippen LogP contribution in [0.4, 0.5) is 13.2 Å². The molecule has 2 aliphatic rings. The van der Waals surface area contributed by atoms with E-state index in [-0.39, 0.29) is 17.6 Å². The highest BCUT2D eigenvalue weighted by Gasteiger charge is 2.34. The molecule has 0 saturated heterocycles. The number of hydrogen-bond acceptors (Lipinski definition) is 2. The van der Waals surface area contributed by atoms with Gasteiger partial charge in [0.1, 0.15) is 0 Å². The highest BCUT2D eigenvalue weighted by molar-refractivity contribution is 5.62. The Labute approximate surface area is 127 Å². The van der Waals surface area contributed by atoms with Gasteiger partial charge >= 0.3 is 6.36 Å². The maximum atomic E-state index is 12.7. The number of halogens is 3. The Balaban J connectivity index is 1.88. The highest BCUT2D eigenvalue weighted by Crippen LogP contribution is 2.40. The molecule has 0 amide bonds. The van der Waals surface area contributed by atoms with Gasteiger partial charge in [-0.1, -0.05) is 18.2 Å². The van der Waals surface area contributed by atoms with Crippen LogP contribution in [-0.4, -0.2) is 12.5 Å². The minimum atomic E-state index is -4.72. The second-order valence-electron chi connectivity index (χ2n) is 6.02. The van der Waals surface area contributed by atoms with Gasteiger partial charge in [-0.15, -0.1) is 13.2 Å². The fraction of sp³-hybridized carbons (Fsp3) is 0.529. The van der Waals surface area contributed by atoms with Crippen LogP contribution in [0.2, 0.25) is 0 Å². The van der Waals surface area contributed by atoms with E-state index in [4.69, 9.17) is 4.74 Å². The number of ether oxygens (including phenoxy) is 2. The summed E-state index contributed by atoms with van der Waals surface area (Å²) in [6.45, 7) is 1.64. The molecule has 120 valence electrons. The van der Waals surface area contributed by atoms with E-state index in [1.165, 1.54) is 0 Å². The van der Waals surface area contributed by atoms with Crippen molar-refractivity contribution in [2.45, 2.75) is 51.5 Å². The van der Waals surface area contributed by atoms with Crippen LogP contribution in [0.1, 0.15) is 43.2 Å². The van der Waals surface area contributed by atoms with Gasteiger partial charge in [-0.05, 0) is 56.6 Å². The van der Waals surface area contributed by atoms with Crippen molar-refractivity contribution in [1.82, 2.24) is 0 Å². The lowest BCUT2D eigenvalue weighted by Crippen LogP contribution is -2.26. The summed E-state index contributed by atoms with van der Waals surface area (Å²) in [5.41, 5.74) is 1.21. The van der Waals surface area contributed by atoms with E-state index in [1.54, 1.807) is 19.1 Å². The third kappa shape index (κ3) is 3.76. The summed E-state index contributed by atoms with van der Waals surface area (Å²) in [7, 11) is 0. The molecule has 2 nitrogen and oxygen atoms in total. The van der Waals surface area contributed by atoms with Crippen LogP contribution >= 0.6 is 0 Å². The number of rotatable bonds is 5. The van der Waals surface area contributed by atoms with Gasteiger partial charge in [0.25, 0.3) is 0 Å². The van der Waals surface area contributed by atoms with Crippen LogP contribution in [0, 0.1) is 12.8 Å². The van der Waals surface area contributed by atoms with E-state index in [2.05, 4.69) is 4.74 Å². The molecule has 1 aromatic carbocycles. The van der Waals surface area contributed by atoms with E-state index in [9.17, 15) is 13.2 Å². The third-order valence-corrected chi connectivity index (χ3v) is 4.15. The van der Waals surface area contributed by atoms with Gasteiger partial charge in [-0.2, -0.15) is 0 Å². The molecule has 0 aliphatic heterocycles. The first kappa shape index (κ1) is 15.3. The van der Waals surface area contributed by atoms with Crippen LogP contribution in [0.3, 0.4) is 0 Å². The molecular weight excluding hydrogens is 293 g/mol. The molecule has 2 fully saturated rings. The maximum Gasteiger partial charge on any atom is 0.573 e. The van der Waals surface area contributed by atoms with Gasteiger partial charge in [-0.3, -0.25) is 0 Å². The maximum absolute atomic E-state index is 12.7. The molecule has 0 unspecified atom stereocenters. The van der Waals surface area contributed by atoms with E-state index in [0.717, 1.165) is 37.7 Å². The SMILES string of the molecule is Cc1c(/C=C/C2CC2)ccc(OC2CCC2)c1OC(F)(F)F. The predicted molar refractivity (Wildman–Crippen MR) is 77.9 cm³/mol. The number of hydrogen-bond donors (Lipinski definition) is 0. The van der Waals surface area contributed by atoms with Gasteiger partial charge in [0.05, 0.1) is 6.10 Å². The number of benzene rings is 1. The topological polar surface area (TPSA) is 18.5 Å². The molecule has 0 spiro atoms. The van der Waals surface area contributed by atoms with Crippen molar-refractivity contribution in [2.75, 3.05) is 0 Å². The minimum Gasteiger partial charge on any atom is -0.487 e. The first-order valence-electron chi connectivity index (χ1n) is 7.66. The van der Waals surface area contributed by atoms with Crippen LogP contribution in [0.25, 0.3) is 6.08 Å². The molecule has 0 atom stereocenters. The van der Waals surface area contributed by atoms with Crippen molar-refractivity contribution < 1.29 is 22.6 Å². The molecule has 0 N–H and O–H groups in total. The molecule has 1 aromatic rings. The van der Waals surface area contributed by atoms with Gasteiger partial charge in [0.2, 0.25) is 0 Å². The second kappa shape index (κ2) is 5.86. The Bertz CT molecular complexity index is 570. The Morgan fingerprint density at radius 3 is 2.41 bits per heavy atom. The van der Waals surface area contributed by atoms with E-state index in [1.807, 2.05) is 12.2 Å². The summed E-state index contributed by atoms with van der Waals surface area (Å²) in [5.74, 6) is 0.540. The summed E-state index contributed by atoms with van der Waals surface area (Å²) >= 11 is 0. The largest absolute Gasteiger partial charge is 0.573 e. The zero-order valence-corrected chi connectivity index (χ0v) is 12.5. The minimum absolute atomic E-state index is 0.00263. The van der Waals surface area contributed by atoms with Crippen molar-refractivity contribution >= 4 is 6.08 Å². The summed E-state index contributed by atoms with van der Waals surface area (Å²) in [5, 5.41) is 0. The summed E-state index contributed by atoms with van der Waals surface area (Å²) in [6.07, 6.45) is 4.34. The van der Waals surface area contributed by atoms with Gasteiger partial charge in [0.15, 0.2) is 11.5 Å². The van der Waals surface area contributed by atoms with Crippen LogP contribution < -0.4 is 9.47 Å². The van der Waals surface area contributed by atoms with Crippen molar-refractivity contribution in [1.29, 1.82) is 0 Å². The Kier molecular flexibility index (Phi) is 4.06. The third-order valence-electron chi connectivity index (χ3n) is 4.15. The molecule has 0 bridgehead atoms. The normalized spacial score (nSPS) is 19.3. The van der Waals surface area contributed by atoms with Crippen LogP contribution in [0.15, 0.2) is 18.2 Å². The first-order valence-corrected chi connectivity index (χ1v) is 7.66. The van der Waals surface area contributed by atoms with Gasteiger partial charge in [0, 0.05) is 5.56 Å². The predicted octanol–water partition coefficient (Wildman–Crippen LogP) is 5.25. The van der Waals surface area contributed by atoms with E-state index < -0.39 is 6.36 Å². The zero-order valence-electron chi connectivity index (χ0n) is 12.5. The summed E-state index contributed by atoms with van der Waals surface area (Å²) in [6, 6.07) is 3.38. The van der Waals surface area contributed by atoms with Crippen molar-refractivity contribution in [3.63, 3.8) is 0 Å². The Hall–Kier alpha value is -1.65. The molecule has 0 heterocycles. The van der Waals surface area contributed by atoms with Crippen LogP contribution in [0.5, 0.6) is 11.5 Å². The smallest absolute Gasteiger partial charge is 0.487 e. The standard InChI is InChI=1S/C17H19F3O2/c1-11-13(8-7-12-5-6-12)9-10-15(21-14-3-2-4-14)16(11)22-17(18,19)20/h7-10,12,14H,2-6H2,1H3/b8-7+. The zero-order chi connectivity index (χ0) is 15.7. The van der Waals surface area contributed by atoms with Gasteiger partial charge in [-0.25, -0.2) is 0 Å². The molecule has 5 heteroatoms. The molecule has 0 aromatic heterocycles. The molecule has 0 radical (unpaired) electrons. The fourth-order valence-corrected chi connectivity index (χ4v) is 2.39. The summed E-state index contributed by atoms with van der Waals surface area (Å²) < 4.78 is 48.0. The lowest BCUT2D eigenvalue weighted by atomic mass is 9.96. The quantitative estimate of drug-likeness (QED) is 0.739. The van der Waals surface area contributed by atoms with E-state index >= 15 is 0 Å². The first-order chi connectivity index (χ1) is 10.4.